The summed E-state index contributed by atoms with van der Waals surface area (Å²) in [5.74, 6) is 0.793. The number of rotatable bonds is 4. The van der Waals surface area contributed by atoms with Crippen molar-refractivity contribution in [2.45, 2.75) is 13.1 Å². The summed E-state index contributed by atoms with van der Waals surface area (Å²) in [6, 6.07) is 3.83. The number of benzene rings is 1. The number of alkyl halides is 2. The quantitative estimate of drug-likeness (QED) is 0.696. The van der Waals surface area contributed by atoms with Crippen LogP contribution in [0.25, 0.3) is 11.0 Å². The van der Waals surface area contributed by atoms with E-state index >= 15 is 0 Å². The highest BCUT2D eigenvalue weighted by Crippen LogP contribution is 2.28. The van der Waals surface area contributed by atoms with Crippen LogP contribution >= 0.6 is 55.1 Å². The average molecular weight is 417 g/mol. The molecule has 0 radical (unpaired) electrons. The fourth-order valence-electron chi connectivity index (χ4n) is 1.91. The van der Waals surface area contributed by atoms with E-state index in [4.69, 9.17) is 23.2 Å². The largest absolute Gasteiger partial charge is 0.329 e. The fraction of sp³-hybridized carbons (Fsp3) is 0.364. The first-order chi connectivity index (χ1) is 8.60. The first kappa shape index (κ1) is 14.4. The Morgan fingerprint density at radius 1 is 0.944 bits per heavy atom. The predicted molar refractivity (Wildman–Crippen MR) is 83.0 cm³/mol. The highest BCUT2D eigenvalue weighted by atomic mass is 79.9. The molecule has 0 bridgehead atoms. The molecule has 2 rings (SSSR count). The van der Waals surface area contributed by atoms with Gasteiger partial charge in [-0.3, -0.25) is 9.13 Å². The molecule has 1 heterocycles. The second-order valence-corrected chi connectivity index (χ2v) is 6.18. The van der Waals surface area contributed by atoms with Gasteiger partial charge in [0.25, 0.3) is 0 Å². The van der Waals surface area contributed by atoms with E-state index < -0.39 is 0 Å². The lowest BCUT2D eigenvalue weighted by Gasteiger charge is -2.02. The molecule has 0 fully saturated rings. The van der Waals surface area contributed by atoms with Crippen LogP contribution in [-0.4, -0.2) is 20.9 Å². The number of halogens is 4. The molecule has 0 N–H and O–H groups in total. The van der Waals surface area contributed by atoms with Gasteiger partial charge in [-0.2, -0.15) is 0 Å². The van der Waals surface area contributed by atoms with Crippen molar-refractivity contribution < 1.29 is 0 Å². The van der Waals surface area contributed by atoms with Crippen molar-refractivity contribution >= 4 is 66.1 Å². The van der Waals surface area contributed by atoms with Crippen LogP contribution in [-0.2, 0) is 13.1 Å². The Balaban J connectivity index is 2.79. The van der Waals surface area contributed by atoms with E-state index in [2.05, 4.69) is 31.9 Å². The lowest BCUT2D eigenvalue weighted by molar-refractivity contribution is 0.675. The van der Waals surface area contributed by atoms with E-state index in [0.29, 0.717) is 24.8 Å². The van der Waals surface area contributed by atoms with Gasteiger partial charge in [-0.15, -0.1) is 23.2 Å². The molecule has 18 heavy (non-hydrogen) atoms. The highest BCUT2D eigenvalue weighted by Gasteiger charge is 2.14. The normalized spacial score (nSPS) is 11.3. The van der Waals surface area contributed by atoms with Crippen LogP contribution in [0.15, 0.2) is 25.9 Å². The smallest absolute Gasteiger partial charge is 0.291 e. The summed E-state index contributed by atoms with van der Waals surface area (Å²) in [6.45, 7) is 0.973. The monoisotopic (exact) mass is 414 g/mol. The molecule has 98 valence electrons. The van der Waals surface area contributed by atoms with Crippen LogP contribution in [0.2, 0.25) is 0 Å². The minimum Gasteiger partial charge on any atom is -0.291 e. The molecule has 1 aromatic heterocycles. The number of fused-ring (bicyclic) bond motifs is 1. The average Bonchev–Trinajstić information content (AvgIpc) is 2.57. The van der Waals surface area contributed by atoms with Gasteiger partial charge in [0.2, 0.25) is 0 Å². The first-order valence-corrected chi connectivity index (χ1v) is 7.95. The van der Waals surface area contributed by atoms with Crippen LogP contribution in [0.3, 0.4) is 0 Å². The van der Waals surface area contributed by atoms with Crippen molar-refractivity contribution in [3.05, 3.63) is 31.6 Å². The molecule has 0 saturated carbocycles. The van der Waals surface area contributed by atoms with Crippen LogP contribution < -0.4 is 5.69 Å². The third-order valence-electron chi connectivity index (χ3n) is 2.68. The Hall–Kier alpha value is 0.0300. The predicted octanol–water partition coefficient (Wildman–Crippen LogP) is 3.81. The van der Waals surface area contributed by atoms with Gasteiger partial charge in [-0.25, -0.2) is 4.79 Å². The summed E-state index contributed by atoms with van der Waals surface area (Å²) in [5.41, 5.74) is 1.65. The fourth-order valence-corrected chi connectivity index (χ4v) is 2.91. The Labute approximate surface area is 131 Å². The van der Waals surface area contributed by atoms with Crippen LogP contribution in [0.5, 0.6) is 0 Å². The van der Waals surface area contributed by atoms with Crippen LogP contribution in [0.1, 0.15) is 0 Å². The Bertz CT molecular complexity index is 584. The summed E-state index contributed by atoms with van der Waals surface area (Å²) < 4.78 is 5.15. The maximum atomic E-state index is 12.3. The maximum Gasteiger partial charge on any atom is 0.329 e. The molecule has 0 spiro atoms. The van der Waals surface area contributed by atoms with Gasteiger partial charge in [0.1, 0.15) is 0 Å². The Kier molecular flexibility index (Phi) is 4.80. The van der Waals surface area contributed by atoms with E-state index in [-0.39, 0.29) is 5.69 Å². The summed E-state index contributed by atoms with van der Waals surface area (Å²) in [4.78, 5) is 12.3. The molecule has 0 amide bonds. The second-order valence-electron chi connectivity index (χ2n) is 3.72. The van der Waals surface area contributed by atoms with Crippen molar-refractivity contribution in [3.8, 4) is 0 Å². The van der Waals surface area contributed by atoms with Gasteiger partial charge in [0.05, 0.1) is 11.0 Å². The van der Waals surface area contributed by atoms with E-state index in [0.717, 1.165) is 20.0 Å². The molecule has 3 nitrogen and oxygen atoms in total. The van der Waals surface area contributed by atoms with Gasteiger partial charge in [0.15, 0.2) is 0 Å². The third kappa shape index (κ3) is 2.50. The van der Waals surface area contributed by atoms with Gasteiger partial charge in [-0.05, 0) is 44.0 Å². The first-order valence-electron chi connectivity index (χ1n) is 5.30. The molecule has 0 saturated heterocycles. The van der Waals surface area contributed by atoms with E-state index in [1.165, 1.54) is 0 Å². The lowest BCUT2D eigenvalue weighted by atomic mass is 10.3. The molecule has 7 heteroatoms. The molecule has 0 atom stereocenters. The van der Waals surface area contributed by atoms with Crippen molar-refractivity contribution in [2.24, 2.45) is 0 Å². The molecular weight excluding hydrogens is 407 g/mol. The van der Waals surface area contributed by atoms with Gasteiger partial charge in [-0.1, -0.05) is 0 Å². The minimum absolute atomic E-state index is 0.0729. The highest BCUT2D eigenvalue weighted by molar-refractivity contribution is 9.13. The summed E-state index contributed by atoms with van der Waals surface area (Å²) >= 11 is 18.4. The molecule has 0 aliphatic carbocycles. The zero-order valence-electron chi connectivity index (χ0n) is 9.30. The number of nitrogens with zero attached hydrogens (tertiary/aromatic N) is 2. The molecule has 1 aromatic carbocycles. The van der Waals surface area contributed by atoms with E-state index in [1.807, 2.05) is 12.1 Å². The summed E-state index contributed by atoms with van der Waals surface area (Å²) in [7, 11) is 0. The standard InChI is InChI=1S/C11H10Br2Cl2N2O/c12-7-5-9-10(6-8(7)13)17(4-2-15)11(18)16(9)3-1-14/h5-6H,1-4H2. The number of hydrogen-bond donors (Lipinski definition) is 0. The summed E-state index contributed by atoms with van der Waals surface area (Å²) in [5, 5.41) is 0. The number of imidazole rings is 1. The van der Waals surface area contributed by atoms with E-state index in [1.54, 1.807) is 9.13 Å². The van der Waals surface area contributed by atoms with Gasteiger partial charge >= 0.3 is 5.69 Å². The number of aryl methyl sites for hydroxylation is 2. The molecule has 0 aliphatic heterocycles. The van der Waals surface area contributed by atoms with E-state index in [9.17, 15) is 4.79 Å². The maximum absolute atomic E-state index is 12.3. The number of aromatic nitrogens is 2. The van der Waals surface area contributed by atoms with Crippen LogP contribution in [0, 0.1) is 0 Å². The van der Waals surface area contributed by atoms with Crippen molar-refractivity contribution in [3.63, 3.8) is 0 Å². The second kappa shape index (κ2) is 5.99. The van der Waals surface area contributed by atoms with Crippen molar-refractivity contribution in [1.29, 1.82) is 0 Å². The van der Waals surface area contributed by atoms with Gasteiger partial charge in [0, 0.05) is 33.8 Å². The zero-order valence-corrected chi connectivity index (χ0v) is 14.0. The van der Waals surface area contributed by atoms with Crippen LogP contribution in [0.4, 0.5) is 0 Å². The molecule has 2 aromatic rings. The topological polar surface area (TPSA) is 26.9 Å². The minimum atomic E-state index is -0.0729. The molecule has 0 aliphatic rings. The molecular formula is C11H10Br2Cl2N2O. The Morgan fingerprint density at radius 3 is 1.67 bits per heavy atom. The van der Waals surface area contributed by atoms with Crippen molar-refractivity contribution in [2.75, 3.05) is 11.8 Å². The summed E-state index contributed by atoms with van der Waals surface area (Å²) in [6.07, 6.45) is 0. The molecule has 0 unspecified atom stereocenters. The number of hydrogen-bond acceptors (Lipinski definition) is 1. The zero-order chi connectivity index (χ0) is 13.3. The Morgan fingerprint density at radius 2 is 1.33 bits per heavy atom. The third-order valence-corrected chi connectivity index (χ3v) is 4.86. The SMILES string of the molecule is O=c1n(CCCl)c2cc(Br)c(Br)cc2n1CCCl. The van der Waals surface area contributed by atoms with Gasteiger partial charge < -0.3 is 0 Å². The van der Waals surface area contributed by atoms with Crippen molar-refractivity contribution in [1.82, 2.24) is 9.13 Å². The lowest BCUT2D eigenvalue weighted by Crippen LogP contribution is -2.25.